The topological polar surface area (TPSA) is 141 Å². The predicted molar refractivity (Wildman–Crippen MR) is 77.5 cm³/mol. The summed E-state index contributed by atoms with van der Waals surface area (Å²) in [6, 6.07) is 4.22. The molecule has 0 spiro atoms. The molecule has 1 N–H and O–H groups in total. The molecule has 0 saturated heterocycles. The Morgan fingerprint density at radius 2 is 1.96 bits per heavy atom. The zero-order valence-corrected chi connectivity index (χ0v) is 12.6. The third-order valence-corrected chi connectivity index (χ3v) is 3.67. The highest BCUT2D eigenvalue weighted by molar-refractivity contribution is 6.08. The van der Waals surface area contributed by atoms with E-state index in [0.717, 1.165) is 11.8 Å². The van der Waals surface area contributed by atoms with E-state index in [9.17, 15) is 34.7 Å². The van der Waals surface area contributed by atoms with Gasteiger partial charge in [0.05, 0.1) is 22.1 Å². The monoisotopic (exact) mass is 333 g/mol. The Hall–Kier alpha value is -3.23. The first-order valence-electron chi connectivity index (χ1n) is 6.94. The molecule has 0 aliphatic carbocycles. The summed E-state index contributed by atoms with van der Waals surface area (Å²) in [7, 11) is 0. The van der Waals surface area contributed by atoms with E-state index in [1.54, 1.807) is 0 Å². The SMILES string of the molecule is CC(=O)C1=C(O)C(=O)N(CCC(=O)[O-])C1c1ccccc1[N+](=O)[O-]. The smallest absolute Gasteiger partial charge is 0.290 e. The van der Waals surface area contributed by atoms with Crippen molar-refractivity contribution in [3.8, 4) is 0 Å². The highest BCUT2D eigenvalue weighted by Gasteiger charge is 2.44. The summed E-state index contributed by atoms with van der Waals surface area (Å²) in [4.78, 5) is 46.2. The molecule has 1 aromatic carbocycles. The molecule has 0 aromatic heterocycles. The van der Waals surface area contributed by atoms with Crippen LogP contribution in [0.3, 0.4) is 0 Å². The number of hydrogen-bond donors (Lipinski definition) is 1. The van der Waals surface area contributed by atoms with Gasteiger partial charge in [-0.15, -0.1) is 0 Å². The van der Waals surface area contributed by atoms with Crippen LogP contribution in [0.15, 0.2) is 35.6 Å². The Bertz CT molecular complexity index is 769. The third-order valence-electron chi connectivity index (χ3n) is 3.67. The summed E-state index contributed by atoms with van der Waals surface area (Å²) >= 11 is 0. The summed E-state index contributed by atoms with van der Waals surface area (Å²) < 4.78 is 0. The predicted octanol–water partition coefficient (Wildman–Crippen LogP) is 0.0192. The third kappa shape index (κ3) is 2.96. The number of aliphatic hydroxyl groups is 1. The Morgan fingerprint density at radius 3 is 2.50 bits per heavy atom. The lowest BCUT2D eigenvalue weighted by molar-refractivity contribution is -0.385. The number of aliphatic carboxylic acids is 1. The second-order valence-electron chi connectivity index (χ2n) is 5.16. The zero-order valence-electron chi connectivity index (χ0n) is 12.6. The second kappa shape index (κ2) is 6.49. The molecule has 1 atom stereocenters. The number of nitro benzene ring substituents is 1. The molecule has 24 heavy (non-hydrogen) atoms. The highest BCUT2D eigenvalue weighted by atomic mass is 16.6. The number of carbonyl (C=O) groups is 3. The Labute approximate surface area is 136 Å². The van der Waals surface area contributed by atoms with Crippen molar-refractivity contribution in [2.45, 2.75) is 19.4 Å². The Balaban J connectivity index is 2.59. The average Bonchev–Trinajstić information content (AvgIpc) is 2.77. The maximum Gasteiger partial charge on any atom is 0.290 e. The summed E-state index contributed by atoms with van der Waals surface area (Å²) in [6.45, 7) is 0.752. The lowest BCUT2D eigenvalue weighted by Crippen LogP contribution is -2.35. The van der Waals surface area contributed by atoms with Gasteiger partial charge < -0.3 is 19.9 Å². The molecule has 0 saturated carbocycles. The first-order chi connectivity index (χ1) is 11.3. The van der Waals surface area contributed by atoms with Gasteiger partial charge in [-0.3, -0.25) is 19.7 Å². The molecule has 0 radical (unpaired) electrons. The number of carboxylic acid groups (broad SMARTS) is 1. The largest absolute Gasteiger partial charge is 0.550 e. The molecule has 126 valence electrons. The number of para-hydroxylation sites is 1. The van der Waals surface area contributed by atoms with Gasteiger partial charge in [-0.2, -0.15) is 0 Å². The first kappa shape index (κ1) is 17.1. The Morgan fingerprint density at radius 1 is 1.33 bits per heavy atom. The minimum absolute atomic E-state index is 0.0171. The van der Waals surface area contributed by atoms with Crippen LogP contribution >= 0.6 is 0 Å². The molecule has 9 heteroatoms. The number of aliphatic hydroxyl groups excluding tert-OH is 1. The lowest BCUT2D eigenvalue weighted by Gasteiger charge is -2.26. The van der Waals surface area contributed by atoms with Crippen molar-refractivity contribution in [3.63, 3.8) is 0 Å². The van der Waals surface area contributed by atoms with Crippen LogP contribution in [0.4, 0.5) is 5.69 Å². The second-order valence-corrected chi connectivity index (χ2v) is 5.16. The lowest BCUT2D eigenvalue weighted by atomic mass is 9.95. The molecule has 1 amide bonds. The summed E-state index contributed by atoms with van der Waals surface area (Å²) in [5.41, 5.74) is -0.627. The number of rotatable bonds is 6. The van der Waals surface area contributed by atoms with Crippen LogP contribution in [0.1, 0.15) is 24.9 Å². The van der Waals surface area contributed by atoms with Crippen molar-refractivity contribution in [1.29, 1.82) is 0 Å². The Kier molecular flexibility index (Phi) is 4.63. The van der Waals surface area contributed by atoms with Gasteiger partial charge in [0.25, 0.3) is 11.6 Å². The number of nitro groups is 1. The van der Waals surface area contributed by atoms with Crippen molar-refractivity contribution in [1.82, 2.24) is 4.90 Å². The van der Waals surface area contributed by atoms with Crippen LogP contribution in [0, 0.1) is 10.1 Å². The van der Waals surface area contributed by atoms with Crippen LogP contribution in [0.2, 0.25) is 0 Å². The fraction of sp³-hybridized carbons (Fsp3) is 0.267. The molecule has 1 aliphatic rings. The zero-order chi connectivity index (χ0) is 18.0. The van der Waals surface area contributed by atoms with E-state index in [-0.39, 0.29) is 23.4 Å². The number of benzene rings is 1. The van der Waals surface area contributed by atoms with Crippen molar-refractivity contribution < 1.29 is 29.5 Å². The van der Waals surface area contributed by atoms with Crippen LogP contribution in [-0.2, 0) is 14.4 Å². The quantitative estimate of drug-likeness (QED) is 0.571. The molecule has 1 aromatic rings. The summed E-state index contributed by atoms with van der Waals surface area (Å²) in [6.07, 6.45) is -0.540. The van der Waals surface area contributed by atoms with Gasteiger partial charge >= 0.3 is 0 Å². The number of hydrogen-bond acceptors (Lipinski definition) is 7. The van der Waals surface area contributed by atoms with Gasteiger partial charge in [0.2, 0.25) is 0 Å². The van der Waals surface area contributed by atoms with Crippen LogP contribution < -0.4 is 5.11 Å². The van der Waals surface area contributed by atoms with E-state index in [4.69, 9.17) is 0 Å². The first-order valence-corrected chi connectivity index (χ1v) is 6.94. The average molecular weight is 333 g/mol. The molecule has 1 heterocycles. The van der Waals surface area contributed by atoms with Gasteiger partial charge in [-0.05, 0) is 13.0 Å². The molecule has 2 rings (SSSR count). The van der Waals surface area contributed by atoms with Gasteiger partial charge in [0.15, 0.2) is 11.5 Å². The molecule has 0 bridgehead atoms. The maximum atomic E-state index is 12.2. The van der Waals surface area contributed by atoms with Gasteiger partial charge in [0, 0.05) is 25.0 Å². The molecule has 1 unspecified atom stereocenters. The van der Waals surface area contributed by atoms with E-state index >= 15 is 0 Å². The minimum Gasteiger partial charge on any atom is -0.550 e. The van der Waals surface area contributed by atoms with Crippen molar-refractivity contribution in [2.75, 3.05) is 6.54 Å². The number of Topliss-reactive ketones (excluding diaryl/α,β-unsaturated/α-hetero) is 1. The molecular formula is C15H13N2O7-. The van der Waals surface area contributed by atoms with E-state index in [0.29, 0.717) is 0 Å². The van der Waals surface area contributed by atoms with Gasteiger partial charge in [-0.1, -0.05) is 12.1 Å². The van der Waals surface area contributed by atoms with Crippen LogP contribution in [-0.4, -0.2) is 39.1 Å². The fourth-order valence-corrected chi connectivity index (χ4v) is 2.66. The van der Waals surface area contributed by atoms with E-state index in [1.165, 1.54) is 24.3 Å². The standard InChI is InChI=1S/C15H14N2O7/c1-8(18)12-13(9-4-2-3-5-10(9)17(23)24)16(7-6-11(19)20)15(22)14(12)21/h2-5,13,21H,6-7H2,1H3,(H,19,20)/p-1. The molecule has 0 fully saturated rings. The van der Waals surface area contributed by atoms with Crippen molar-refractivity contribution in [3.05, 3.63) is 51.3 Å². The summed E-state index contributed by atoms with van der Waals surface area (Å²) in [5, 5.41) is 31.9. The number of carbonyl (C=O) groups excluding carboxylic acids is 3. The fourth-order valence-electron chi connectivity index (χ4n) is 2.66. The van der Waals surface area contributed by atoms with Crippen LogP contribution in [0.5, 0.6) is 0 Å². The minimum atomic E-state index is -1.43. The normalized spacial score (nSPS) is 17.3. The van der Waals surface area contributed by atoms with Crippen LogP contribution in [0.25, 0.3) is 0 Å². The molecular weight excluding hydrogens is 320 g/mol. The van der Waals surface area contributed by atoms with E-state index < -0.39 is 40.8 Å². The van der Waals surface area contributed by atoms with Crippen molar-refractivity contribution >= 4 is 23.3 Å². The van der Waals surface area contributed by atoms with E-state index in [2.05, 4.69) is 0 Å². The maximum absolute atomic E-state index is 12.2. The van der Waals surface area contributed by atoms with Gasteiger partial charge in [0.1, 0.15) is 0 Å². The van der Waals surface area contributed by atoms with Crippen molar-refractivity contribution in [2.24, 2.45) is 0 Å². The van der Waals surface area contributed by atoms with E-state index in [1.807, 2.05) is 0 Å². The summed E-state index contributed by atoms with van der Waals surface area (Å²) in [5.74, 6) is -3.85. The molecule has 1 aliphatic heterocycles. The number of ketones is 1. The number of carboxylic acids is 1. The van der Waals surface area contributed by atoms with Gasteiger partial charge in [-0.25, -0.2) is 0 Å². The number of nitrogens with zero attached hydrogens (tertiary/aromatic N) is 2. The molecule has 9 nitrogen and oxygen atoms in total. The number of amides is 1. The highest BCUT2D eigenvalue weighted by Crippen LogP contribution is 2.41.